The molecule has 3 heteroatoms. The Morgan fingerprint density at radius 3 is 2.32 bits per heavy atom. The number of phenolic OH excluding ortho intramolecular Hbond substituents is 1. The summed E-state index contributed by atoms with van der Waals surface area (Å²) < 4.78 is 5.10. The zero-order valence-electron chi connectivity index (χ0n) is 13.5. The fourth-order valence-electron chi connectivity index (χ4n) is 2.32. The number of aromatic hydroxyl groups is 1. The lowest BCUT2D eigenvalue weighted by Gasteiger charge is -2.22. The molecule has 116 valence electrons. The molecule has 0 atom stereocenters. The summed E-state index contributed by atoms with van der Waals surface area (Å²) in [5, 5.41) is 10.4. The molecule has 0 unspecified atom stereocenters. The lowest BCUT2D eigenvalue weighted by atomic mass is 9.83. The minimum absolute atomic E-state index is 0.0373. The Kier molecular flexibility index (Phi) is 4.55. The molecule has 0 bridgehead atoms. The third-order valence-corrected chi connectivity index (χ3v) is 3.55. The van der Waals surface area contributed by atoms with Gasteiger partial charge in [-0.05, 0) is 35.6 Å². The Bertz CT molecular complexity index is 667. The van der Waals surface area contributed by atoms with Gasteiger partial charge in [-0.1, -0.05) is 51.1 Å². The second kappa shape index (κ2) is 6.22. The summed E-state index contributed by atoms with van der Waals surface area (Å²) in [6.45, 7) is 8.23. The van der Waals surface area contributed by atoms with Crippen LogP contribution in [0.25, 0.3) is 11.1 Å². The van der Waals surface area contributed by atoms with E-state index in [4.69, 9.17) is 4.74 Å². The van der Waals surface area contributed by atoms with Crippen molar-refractivity contribution in [2.45, 2.75) is 33.1 Å². The van der Waals surface area contributed by atoms with E-state index in [1.54, 1.807) is 13.0 Å². The maximum atomic E-state index is 12.2. The average molecular weight is 298 g/mol. The molecule has 0 saturated heterocycles. The van der Waals surface area contributed by atoms with Gasteiger partial charge in [-0.15, -0.1) is 0 Å². The summed E-state index contributed by atoms with van der Waals surface area (Å²) >= 11 is 0. The molecule has 0 saturated carbocycles. The summed E-state index contributed by atoms with van der Waals surface area (Å²) in [4.78, 5) is 12.2. The molecular formula is C19H22O3. The van der Waals surface area contributed by atoms with Crippen LogP contribution in [0.1, 0.15) is 43.6 Å². The van der Waals surface area contributed by atoms with E-state index in [-0.39, 0.29) is 23.3 Å². The van der Waals surface area contributed by atoms with Crippen molar-refractivity contribution < 1.29 is 14.6 Å². The summed E-state index contributed by atoms with van der Waals surface area (Å²) in [6.07, 6.45) is 0. The molecule has 22 heavy (non-hydrogen) atoms. The van der Waals surface area contributed by atoms with Crippen molar-refractivity contribution in [2.75, 3.05) is 6.61 Å². The van der Waals surface area contributed by atoms with E-state index in [1.807, 2.05) is 36.4 Å². The number of hydrogen-bond acceptors (Lipinski definition) is 3. The van der Waals surface area contributed by atoms with Crippen molar-refractivity contribution in [2.24, 2.45) is 0 Å². The van der Waals surface area contributed by atoms with Gasteiger partial charge in [-0.25, -0.2) is 4.79 Å². The van der Waals surface area contributed by atoms with Crippen LogP contribution in [0.2, 0.25) is 0 Å². The maximum absolute atomic E-state index is 12.2. The van der Waals surface area contributed by atoms with E-state index in [1.165, 1.54) is 0 Å². The standard InChI is InChI=1S/C19H22O3/c1-5-22-18(21)17-15(13-9-7-6-8-10-13)11-14(12-16(17)20)19(2,3)4/h6-12,20H,5H2,1-4H3. The monoisotopic (exact) mass is 298 g/mol. The molecule has 0 aliphatic carbocycles. The van der Waals surface area contributed by atoms with E-state index in [9.17, 15) is 9.90 Å². The van der Waals surface area contributed by atoms with Crippen molar-refractivity contribution in [3.63, 3.8) is 0 Å². The first-order valence-electron chi connectivity index (χ1n) is 7.44. The van der Waals surface area contributed by atoms with E-state index in [0.29, 0.717) is 5.56 Å². The number of hydrogen-bond donors (Lipinski definition) is 1. The zero-order valence-corrected chi connectivity index (χ0v) is 13.5. The molecule has 2 rings (SSSR count). The fourth-order valence-corrected chi connectivity index (χ4v) is 2.32. The highest BCUT2D eigenvalue weighted by Gasteiger charge is 2.23. The van der Waals surface area contributed by atoms with Gasteiger partial charge in [0.05, 0.1) is 6.61 Å². The smallest absolute Gasteiger partial charge is 0.342 e. The largest absolute Gasteiger partial charge is 0.507 e. The third kappa shape index (κ3) is 3.30. The van der Waals surface area contributed by atoms with E-state index in [0.717, 1.165) is 11.1 Å². The van der Waals surface area contributed by atoms with Crippen molar-refractivity contribution in [1.29, 1.82) is 0 Å². The quantitative estimate of drug-likeness (QED) is 0.847. The lowest BCUT2D eigenvalue weighted by molar-refractivity contribution is 0.0524. The number of rotatable bonds is 3. The molecule has 2 aromatic rings. The molecule has 3 nitrogen and oxygen atoms in total. The summed E-state index contributed by atoms with van der Waals surface area (Å²) in [5.74, 6) is -0.538. The highest BCUT2D eigenvalue weighted by atomic mass is 16.5. The van der Waals surface area contributed by atoms with Crippen LogP contribution in [0.5, 0.6) is 5.75 Å². The van der Waals surface area contributed by atoms with Crippen LogP contribution in [0.3, 0.4) is 0 Å². The summed E-state index contributed by atoms with van der Waals surface area (Å²) in [6, 6.07) is 13.2. The van der Waals surface area contributed by atoms with Crippen molar-refractivity contribution in [3.05, 3.63) is 53.6 Å². The predicted octanol–water partition coefficient (Wildman–Crippen LogP) is 4.53. The van der Waals surface area contributed by atoms with Gasteiger partial charge in [0.2, 0.25) is 0 Å². The first-order chi connectivity index (χ1) is 10.3. The van der Waals surface area contributed by atoms with E-state index >= 15 is 0 Å². The molecule has 0 heterocycles. The number of phenols is 1. The van der Waals surface area contributed by atoms with Gasteiger partial charge >= 0.3 is 5.97 Å². The molecule has 1 N–H and O–H groups in total. The van der Waals surface area contributed by atoms with Crippen molar-refractivity contribution >= 4 is 5.97 Å². The summed E-state index contributed by atoms with van der Waals surface area (Å²) in [5.41, 5.74) is 2.64. The molecule has 2 aromatic carbocycles. The van der Waals surface area contributed by atoms with Crippen LogP contribution in [0.15, 0.2) is 42.5 Å². The van der Waals surface area contributed by atoms with Crippen LogP contribution in [-0.2, 0) is 10.2 Å². The van der Waals surface area contributed by atoms with Crippen LogP contribution in [0, 0.1) is 0 Å². The minimum Gasteiger partial charge on any atom is -0.507 e. The lowest BCUT2D eigenvalue weighted by Crippen LogP contribution is -2.13. The van der Waals surface area contributed by atoms with Crippen molar-refractivity contribution in [1.82, 2.24) is 0 Å². The number of benzene rings is 2. The normalized spacial score (nSPS) is 11.3. The van der Waals surface area contributed by atoms with Crippen LogP contribution in [0.4, 0.5) is 0 Å². The van der Waals surface area contributed by atoms with Gasteiger partial charge in [0.15, 0.2) is 0 Å². The van der Waals surface area contributed by atoms with Crippen molar-refractivity contribution in [3.8, 4) is 16.9 Å². The summed E-state index contributed by atoms with van der Waals surface area (Å²) in [7, 11) is 0. The first-order valence-corrected chi connectivity index (χ1v) is 7.44. The highest BCUT2D eigenvalue weighted by molar-refractivity contribution is 6.00. The predicted molar refractivity (Wildman–Crippen MR) is 88.2 cm³/mol. The van der Waals surface area contributed by atoms with Gasteiger partial charge in [-0.3, -0.25) is 0 Å². The average Bonchev–Trinajstić information content (AvgIpc) is 2.46. The number of esters is 1. The van der Waals surface area contributed by atoms with Gasteiger partial charge in [0.1, 0.15) is 11.3 Å². The SMILES string of the molecule is CCOC(=O)c1c(O)cc(C(C)(C)C)cc1-c1ccccc1. The van der Waals surface area contributed by atoms with E-state index < -0.39 is 5.97 Å². The Labute approximate surface area is 131 Å². The number of carbonyl (C=O) groups excluding carboxylic acids is 1. The van der Waals surface area contributed by atoms with Gasteiger partial charge < -0.3 is 9.84 Å². The molecule has 0 aliphatic rings. The van der Waals surface area contributed by atoms with Gasteiger partial charge in [-0.2, -0.15) is 0 Å². The Hall–Kier alpha value is -2.29. The minimum atomic E-state index is -0.501. The Balaban J connectivity index is 2.70. The highest BCUT2D eigenvalue weighted by Crippen LogP contribution is 2.36. The molecule has 0 radical (unpaired) electrons. The fraction of sp³-hybridized carbons (Fsp3) is 0.316. The second-order valence-corrected chi connectivity index (χ2v) is 6.25. The third-order valence-electron chi connectivity index (χ3n) is 3.55. The molecule has 0 fully saturated rings. The zero-order chi connectivity index (χ0) is 16.3. The molecule has 0 aromatic heterocycles. The first kappa shape index (κ1) is 16.1. The number of carbonyl (C=O) groups is 1. The second-order valence-electron chi connectivity index (χ2n) is 6.25. The number of ether oxygens (including phenoxy) is 1. The molecule has 0 spiro atoms. The van der Waals surface area contributed by atoms with E-state index in [2.05, 4.69) is 20.8 Å². The molecule has 0 amide bonds. The maximum Gasteiger partial charge on any atom is 0.342 e. The Morgan fingerprint density at radius 1 is 1.14 bits per heavy atom. The topological polar surface area (TPSA) is 46.5 Å². The van der Waals surface area contributed by atoms with Crippen LogP contribution >= 0.6 is 0 Å². The van der Waals surface area contributed by atoms with Crippen LogP contribution in [-0.4, -0.2) is 17.7 Å². The molecule has 0 aliphatic heterocycles. The van der Waals surface area contributed by atoms with Gasteiger partial charge in [0.25, 0.3) is 0 Å². The van der Waals surface area contributed by atoms with Crippen LogP contribution < -0.4 is 0 Å². The molecular weight excluding hydrogens is 276 g/mol. The van der Waals surface area contributed by atoms with Gasteiger partial charge in [0, 0.05) is 5.56 Å². The Morgan fingerprint density at radius 2 is 1.77 bits per heavy atom.